The van der Waals surface area contributed by atoms with Crippen molar-refractivity contribution in [3.8, 4) is 5.75 Å². The van der Waals surface area contributed by atoms with Crippen LogP contribution in [0.4, 0.5) is 0 Å². The number of ether oxygens (including phenoxy) is 1. The first-order valence-corrected chi connectivity index (χ1v) is 8.24. The summed E-state index contributed by atoms with van der Waals surface area (Å²) in [5, 5.41) is 0. The Morgan fingerprint density at radius 2 is 2.10 bits per heavy atom. The van der Waals surface area contributed by atoms with Crippen molar-refractivity contribution in [2.24, 2.45) is 11.7 Å². The molecule has 0 aromatic heterocycles. The second kappa shape index (κ2) is 7.76. The van der Waals surface area contributed by atoms with Crippen molar-refractivity contribution in [2.45, 2.75) is 39.2 Å². The number of rotatable bonds is 9. The highest BCUT2D eigenvalue weighted by atomic mass is 32.1. The highest BCUT2D eigenvalue weighted by Crippen LogP contribution is 2.30. The molecule has 1 saturated carbocycles. The predicted octanol–water partition coefficient (Wildman–Crippen LogP) is 3.21. The average molecular weight is 306 g/mol. The molecule has 2 rings (SSSR count). The Hall–Kier alpha value is -1.13. The van der Waals surface area contributed by atoms with Gasteiger partial charge in [-0.3, -0.25) is 0 Å². The Balaban J connectivity index is 1.77. The number of nitrogens with zero attached hydrogens (tertiary/aromatic N) is 1. The summed E-state index contributed by atoms with van der Waals surface area (Å²) in [6, 6.07) is 8.32. The molecule has 0 bridgehead atoms. The Bertz CT molecular complexity index is 472. The summed E-state index contributed by atoms with van der Waals surface area (Å²) in [5.41, 5.74) is 6.54. The molecule has 0 radical (unpaired) electrons. The molecule has 0 heterocycles. The van der Waals surface area contributed by atoms with Gasteiger partial charge < -0.3 is 15.4 Å². The molecule has 2 N–H and O–H groups in total. The minimum Gasteiger partial charge on any atom is -0.493 e. The van der Waals surface area contributed by atoms with Crippen molar-refractivity contribution in [1.29, 1.82) is 0 Å². The van der Waals surface area contributed by atoms with Gasteiger partial charge >= 0.3 is 0 Å². The molecule has 0 unspecified atom stereocenters. The Labute approximate surface area is 133 Å². The van der Waals surface area contributed by atoms with Crippen molar-refractivity contribution in [1.82, 2.24) is 4.90 Å². The molecule has 3 nitrogen and oxygen atoms in total. The van der Waals surface area contributed by atoms with Gasteiger partial charge in [-0.2, -0.15) is 0 Å². The Morgan fingerprint density at radius 3 is 2.71 bits per heavy atom. The zero-order chi connectivity index (χ0) is 15.2. The van der Waals surface area contributed by atoms with E-state index in [9.17, 15) is 0 Å². The number of thiocarbonyl (C=S) groups is 1. The second-order valence-electron chi connectivity index (χ2n) is 6.09. The molecule has 0 amide bonds. The summed E-state index contributed by atoms with van der Waals surface area (Å²) in [6.07, 6.45) is 3.83. The third-order valence-corrected chi connectivity index (χ3v) is 4.14. The van der Waals surface area contributed by atoms with Crippen LogP contribution >= 0.6 is 12.2 Å². The molecule has 1 aliphatic carbocycles. The molecule has 1 aromatic rings. The Kier molecular flexibility index (Phi) is 6.00. The maximum absolute atomic E-state index is 5.86. The van der Waals surface area contributed by atoms with Crippen LogP contribution in [0.5, 0.6) is 5.75 Å². The fourth-order valence-electron chi connectivity index (χ4n) is 2.44. The van der Waals surface area contributed by atoms with E-state index in [1.54, 1.807) is 0 Å². The molecule has 0 spiro atoms. The van der Waals surface area contributed by atoms with Crippen LogP contribution in [0.15, 0.2) is 24.3 Å². The van der Waals surface area contributed by atoms with Gasteiger partial charge in [0.1, 0.15) is 10.7 Å². The van der Waals surface area contributed by atoms with Gasteiger partial charge in [0.2, 0.25) is 0 Å². The third kappa shape index (κ3) is 5.29. The van der Waals surface area contributed by atoms with Crippen molar-refractivity contribution < 1.29 is 4.74 Å². The zero-order valence-corrected chi connectivity index (χ0v) is 13.9. The van der Waals surface area contributed by atoms with Crippen molar-refractivity contribution in [3.05, 3.63) is 29.8 Å². The summed E-state index contributed by atoms with van der Waals surface area (Å²) in [6.45, 7) is 7.56. The first-order chi connectivity index (χ1) is 10.1. The zero-order valence-electron chi connectivity index (χ0n) is 13.0. The van der Waals surface area contributed by atoms with Gasteiger partial charge in [-0.05, 0) is 51.2 Å². The monoisotopic (exact) mass is 306 g/mol. The molecule has 1 aromatic carbocycles. The van der Waals surface area contributed by atoms with E-state index in [1.807, 2.05) is 24.3 Å². The molecule has 0 saturated heterocycles. The van der Waals surface area contributed by atoms with E-state index in [2.05, 4.69) is 18.7 Å². The van der Waals surface area contributed by atoms with Gasteiger partial charge in [-0.25, -0.2) is 0 Å². The lowest BCUT2D eigenvalue weighted by molar-refractivity contribution is 0.191. The molecule has 4 heteroatoms. The van der Waals surface area contributed by atoms with E-state index in [0.717, 1.165) is 30.2 Å². The van der Waals surface area contributed by atoms with Crippen molar-refractivity contribution in [3.63, 3.8) is 0 Å². The Morgan fingerprint density at radius 1 is 1.38 bits per heavy atom. The van der Waals surface area contributed by atoms with Crippen LogP contribution in [0.1, 0.15) is 38.7 Å². The predicted molar refractivity (Wildman–Crippen MR) is 91.9 cm³/mol. The third-order valence-electron chi connectivity index (χ3n) is 3.92. The van der Waals surface area contributed by atoms with E-state index in [4.69, 9.17) is 22.7 Å². The van der Waals surface area contributed by atoms with Crippen LogP contribution in [-0.4, -0.2) is 35.6 Å². The van der Waals surface area contributed by atoms with Crippen LogP contribution in [0.3, 0.4) is 0 Å². The van der Waals surface area contributed by atoms with E-state index >= 15 is 0 Å². The lowest BCUT2D eigenvalue weighted by Gasteiger charge is -2.26. The van der Waals surface area contributed by atoms with Crippen LogP contribution in [0, 0.1) is 5.92 Å². The maximum atomic E-state index is 5.86. The normalized spacial score (nSPS) is 14.7. The van der Waals surface area contributed by atoms with E-state index in [0.29, 0.717) is 17.6 Å². The molecule has 0 atom stereocenters. The van der Waals surface area contributed by atoms with Crippen LogP contribution in [0.25, 0.3) is 0 Å². The second-order valence-corrected chi connectivity index (χ2v) is 6.53. The average Bonchev–Trinajstić information content (AvgIpc) is 3.26. The topological polar surface area (TPSA) is 38.5 Å². The summed E-state index contributed by atoms with van der Waals surface area (Å²) in [4.78, 5) is 2.95. The van der Waals surface area contributed by atoms with Gasteiger partial charge in [0.05, 0.1) is 12.2 Å². The fraction of sp³-hybridized carbons (Fsp3) is 0.588. The lowest BCUT2D eigenvalue weighted by atomic mass is 10.2. The first kappa shape index (κ1) is 16.2. The molecule has 1 fully saturated rings. The SMILES string of the molecule is CC(C)N(CCCOc1ccccc1C(N)=S)CC1CC1. The summed E-state index contributed by atoms with van der Waals surface area (Å²) in [7, 11) is 0. The van der Waals surface area contributed by atoms with Crippen LogP contribution in [-0.2, 0) is 0 Å². The standard InChI is InChI=1S/C17H26N2OS/c1-13(2)19(12-14-8-9-14)10-5-11-20-16-7-4-3-6-15(16)17(18)21/h3-4,6-7,13-14H,5,8-12H2,1-2H3,(H2,18,21). The number of hydrogen-bond acceptors (Lipinski definition) is 3. The smallest absolute Gasteiger partial charge is 0.129 e. The van der Waals surface area contributed by atoms with Gasteiger partial charge in [0.25, 0.3) is 0 Å². The summed E-state index contributed by atoms with van der Waals surface area (Å²) >= 11 is 5.05. The van der Waals surface area contributed by atoms with E-state index < -0.39 is 0 Å². The highest BCUT2D eigenvalue weighted by molar-refractivity contribution is 7.80. The van der Waals surface area contributed by atoms with E-state index in [1.165, 1.54) is 19.4 Å². The van der Waals surface area contributed by atoms with Gasteiger partial charge in [-0.15, -0.1) is 0 Å². The van der Waals surface area contributed by atoms with Gasteiger partial charge in [-0.1, -0.05) is 24.4 Å². The van der Waals surface area contributed by atoms with Crippen LogP contribution in [0.2, 0.25) is 0 Å². The number of benzene rings is 1. The molecular weight excluding hydrogens is 280 g/mol. The largest absolute Gasteiger partial charge is 0.493 e. The molecule has 0 aliphatic heterocycles. The van der Waals surface area contributed by atoms with Gasteiger partial charge in [0, 0.05) is 19.1 Å². The van der Waals surface area contributed by atoms with Crippen molar-refractivity contribution in [2.75, 3.05) is 19.7 Å². The minimum absolute atomic E-state index is 0.392. The number of para-hydroxylation sites is 1. The first-order valence-electron chi connectivity index (χ1n) is 7.83. The molecule has 116 valence electrons. The quantitative estimate of drug-likeness (QED) is 0.561. The summed E-state index contributed by atoms with van der Waals surface area (Å²) in [5.74, 6) is 1.73. The molecule has 21 heavy (non-hydrogen) atoms. The number of hydrogen-bond donors (Lipinski definition) is 1. The molecule has 1 aliphatic rings. The van der Waals surface area contributed by atoms with E-state index in [-0.39, 0.29) is 0 Å². The number of nitrogens with two attached hydrogens (primary N) is 1. The fourth-order valence-corrected chi connectivity index (χ4v) is 2.61. The maximum Gasteiger partial charge on any atom is 0.129 e. The summed E-state index contributed by atoms with van der Waals surface area (Å²) < 4.78 is 5.86. The molecular formula is C17H26N2OS. The minimum atomic E-state index is 0.392. The highest BCUT2D eigenvalue weighted by Gasteiger charge is 2.25. The lowest BCUT2D eigenvalue weighted by Crippen LogP contribution is -2.34. The van der Waals surface area contributed by atoms with Crippen LogP contribution < -0.4 is 10.5 Å². The van der Waals surface area contributed by atoms with Gasteiger partial charge in [0.15, 0.2) is 0 Å². The van der Waals surface area contributed by atoms with Crippen molar-refractivity contribution >= 4 is 17.2 Å².